The molecule has 2 aliphatic rings. The Morgan fingerprint density at radius 1 is 1.19 bits per heavy atom. The van der Waals surface area contributed by atoms with E-state index < -0.39 is 12.5 Å². The number of likely N-dealkylation sites (tertiary alicyclic amines) is 1. The Morgan fingerprint density at radius 3 is 2.66 bits per heavy atom. The summed E-state index contributed by atoms with van der Waals surface area (Å²) >= 11 is 1.53. The minimum atomic E-state index is -3.09. The lowest BCUT2D eigenvalue weighted by Crippen LogP contribution is -2.47. The second-order valence-corrected chi connectivity index (χ2v) is 13.3. The number of hydrogen-bond acceptors (Lipinski definition) is 9. The van der Waals surface area contributed by atoms with E-state index in [0.717, 1.165) is 4.90 Å². The highest BCUT2D eigenvalue weighted by atomic mass is 32.2. The van der Waals surface area contributed by atoms with Crippen LogP contribution in [0.3, 0.4) is 0 Å². The number of nitrogens with zero attached hydrogens (tertiary/aromatic N) is 6. The molecular weight excluding hydrogens is 632 g/mol. The Morgan fingerprint density at radius 2 is 1.96 bits per heavy atom. The van der Waals surface area contributed by atoms with Crippen LogP contribution in [0.4, 0.5) is 20.3 Å². The number of likely N-dealkylation sites (N-methyl/N-ethyl adjacent to an activating group) is 1. The van der Waals surface area contributed by atoms with E-state index in [1.54, 1.807) is 42.0 Å². The zero-order valence-electron chi connectivity index (χ0n) is 26.7. The molecule has 0 saturated carbocycles. The van der Waals surface area contributed by atoms with E-state index in [0.29, 0.717) is 38.3 Å². The number of alkyl halides is 2. The molecule has 0 radical (unpaired) electrons. The molecule has 47 heavy (non-hydrogen) atoms. The first-order chi connectivity index (χ1) is 22.5. The van der Waals surface area contributed by atoms with Crippen molar-refractivity contribution in [3.8, 4) is 17.0 Å². The first-order valence-corrected chi connectivity index (χ1v) is 16.2. The lowest BCUT2D eigenvalue weighted by molar-refractivity contribution is -0.133. The van der Waals surface area contributed by atoms with E-state index in [2.05, 4.69) is 26.1 Å². The predicted octanol–water partition coefficient (Wildman–Crippen LogP) is 3.67. The van der Waals surface area contributed by atoms with Crippen LogP contribution in [-0.2, 0) is 16.1 Å². The van der Waals surface area contributed by atoms with Gasteiger partial charge in [0.25, 0.3) is 5.91 Å². The Hall–Kier alpha value is -4.44. The van der Waals surface area contributed by atoms with E-state index in [4.69, 9.17) is 4.74 Å². The number of nitrogens with one attached hydrogen (secondary N) is 3. The van der Waals surface area contributed by atoms with Crippen molar-refractivity contribution in [3.05, 3.63) is 42.2 Å². The van der Waals surface area contributed by atoms with Gasteiger partial charge in [0.05, 0.1) is 18.4 Å². The van der Waals surface area contributed by atoms with Gasteiger partial charge in [-0.05, 0) is 37.1 Å². The molecular formula is C31H39F2N9O4S. The number of ether oxygens (including phenoxy) is 1. The summed E-state index contributed by atoms with van der Waals surface area (Å²) in [6, 6.07) is 4.96. The molecule has 5 rings (SSSR count). The monoisotopic (exact) mass is 671 g/mol. The first-order valence-electron chi connectivity index (χ1n) is 15.3. The van der Waals surface area contributed by atoms with E-state index in [-0.39, 0.29) is 64.5 Å². The van der Waals surface area contributed by atoms with Gasteiger partial charge in [0.1, 0.15) is 29.4 Å². The fourth-order valence-corrected chi connectivity index (χ4v) is 6.18. The number of carbonyl (C=O) groups is 3. The van der Waals surface area contributed by atoms with Gasteiger partial charge < -0.3 is 30.5 Å². The predicted molar refractivity (Wildman–Crippen MR) is 176 cm³/mol. The van der Waals surface area contributed by atoms with E-state index in [1.165, 1.54) is 39.8 Å². The molecule has 2 aromatic heterocycles. The average molecular weight is 672 g/mol. The molecule has 0 spiro atoms. The fraction of sp³-hybridized carbons (Fsp3) is 0.452. The summed E-state index contributed by atoms with van der Waals surface area (Å²) in [5.41, 5.74) is 0.916. The van der Waals surface area contributed by atoms with Crippen LogP contribution in [0.25, 0.3) is 17.5 Å². The Bertz CT molecular complexity index is 1630. The maximum atomic E-state index is 13.5. The number of carbonyl (C=O) groups excluding carboxylic acids is 3. The largest absolute Gasteiger partial charge is 0.434 e. The minimum absolute atomic E-state index is 0.0160. The second-order valence-electron chi connectivity index (χ2n) is 11.7. The third kappa shape index (κ3) is 8.48. The number of benzene rings is 1. The van der Waals surface area contributed by atoms with Crippen LogP contribution in [0.5, 0.6) is 5.75 Å². The number of hydrogen-bond donors (Lipinski definition) is 3. The summed E-state index contributed by atoms with van der Waals surface area (Å²) in [5.74, 6) is -0.299. The van der Waals surface area contributed by atoms with Gasteiger partial charge in [0.2, 0.25) is 11.8 Å². The molecule has 1 aromatic carbocycles. The molecule has 0 bridgehead atoms. The highest BCUT2D eigenvalue weighted by Gasteiger charge is 2.27. The third-order valence-electron chi connectivity index (χ3n) is 7.66. The van der Waals surface area contributed by atoms with Crippen molar-refractivity contribution in [3.63, 3.8) is 0 Å². The van der Waals surface area contributed by atoms with E-state index in [1.807, 2.05) is 19.9 Å². The number of anilines is 2. The van der Waals surface area contributed by atoms with Crippen LogP contribution < -0.4 is 20.7 Å². The summed E-state index contributed by atoms with van der Waals surface area (Å²) in [6.07, 6.45) is 7.92. The van der Waals surface area contributed by atoms with Gasteiger partial charge in [0.15, 0.2) is 0 Å². The number of amides is 3. The van der Waals surface area contributed by atoms with Crippen LogP contribution in [0.15, 0.2) is 41.6 Å². The fourth-order valence-electron chi connectivity index (χ4n) is 5.31. The number of thioether (sulfide) groups is 1. The summed E-state index contributed by atoms with van der Waals surface area (Å²) < 4.78 is 34.8. The molecule has 252 valence electrons. The van der Waals surface area contributed by atoms with Crippen LogP contribution in [-0.4, -0.2) is 105 Å². The molecule has 1 fully saturated rings. The number of fused-ring (bicyclic) bond motifs is 1. The zero-order chi connectivity index (χ0) is 33.7. The highest BCUT2D eigenvalue weighted by Crippen LogP contribution is 2.39. The summed E-state index contributed by atoms with van der Waals surface area (Å²) in [7, 11) is 3.41. The van der Waals surface area contributed by atoms with Gasteiger partial charge in [-0.3, -0.25) is 19.1 Å². The van der Waals surface area contributed by atoms with Crippen molar-refractivity contribution in [1.29, 1.82) is 0 Å². The quantitative estimate of drug-likeness (QED) is 0.246. The molecule has 1 saturated heterocycles. The lowest BCUT2D eigenvalue weighted by atomic mass is 10.0. The zero-order valence-corrected chi connectivity index (χ0v) is 27.5. The maximum absolute atomic E-state index is 13.5. The van der Waals surface area contributed by atoms with Crippen molar-refractivity contribution >= 4 is 47.2 Å². The molecule has 0 atom stereocenters. The van der Waals surface area contributed by atoms with Gasteiger partial charge in [-0.25, -0.2) is 4.68 Å². The van der Waals surface area contributed by atoms with Gasteiger partial charge in [-0.1, -0.05) is 13.8 Å². The second kappa shape index (κ2) is 15.0. The molecule has 3 amide bonds. The highest BCUT2D eigenvalue weighted by molar-refractivity contribution is 7.99. The summed E-state index contributed by atoms with van der Waals surface area (Å²) in [5, 5.41) is 18.3. The Labute approximate surface area is 275 Å². The normalized spacial score (nSPS) is 14.7. The number of aromatic nitrogens is 4. The SMILES string of the molecule is CC(C)Sc1ccc(OC(F)F)c(-c2nn(CC(=O)N3CCC(NCC(=O)N(C)C)CC3)cc2NC(=O)c2cnn3c2NCC=C3)c1. The third-order valence-corrected chi connectivity index (χ3v) is 8.66. The molecule has 3 N–H and O–H groups in total. The number of rotatable bonds is 12. The number of piperidine rings is 1. The number of halogens is 2. The maximum Gasteiger partial charge on any atom is 0.387 e. The molecule has 3 aromatic rings. The smallest absolute Gasteiger partial charge is 0.387 e. The minimum Gasteiger partial charge on any atom is -0.434 e. The summed E-state index contributed by atoms with van der Waals surface area (Å²) in [4.78, 5) is 42.9. The van der Waals surface area contributed by atoms with Crippen molar-refractivity contribution in [1.82, 2.24) is 34.7 Å². The molecule has 16 heteroatoms. The molecule has 4 heterocycles. The first kappa shape index (κ1) is 33.9. The van der Waals surface area contributed by atoms with Crippen molar-refractivity contribution < 1.29 is 27.9 Å². The Kier molecular flexibility index (Phi) is 10.8. The standard InChI is InChI=1S/C31H39F2N9O4S/c1-19(2)47-21-6-7-25(46-31(32)33)22(14-21)28-24(37-30(45)23-15-36-42-11-5-10-34-29(23)42)17-41(38-28)18-27(44)40-12-8-20(9-13-40)35-16-26(43)39(3)4/h5-7,11,14-15,17,19-20,31,34-35H,8-10,12-13,16,18H2,1-4H3,(H,37,45). The average Bonchev–Trinajstić information content (AvgIpc) is 3.64. The van der Waals surface area contributed by atoms with Crippen LogP contribution in [0, 0.1) is 0 Å². The molecule has 0 unspecified atom stereocenters. The lowest BCUT2D eigenvalue weighted by Gasteiger charge is -2.32. The molecule has 2 aliphatic heterocycles. The molecule has 13 nitrogen and oxygen atoms in total. The molecule has 0 aliphatic carbocycles. The van der Waals surface area contributed by atoms with Crippen molar-refractivity contribution in [2.45, 2.75) is 56.0 Å². The van der Waals surface area contributed by atoms with Crippen molar-refractivity contribution in [2.75, 3.05) is 50.9 Å². The van der Waals surface area contributed by atoms with E-state index in [9.17, 15) is 23.2 Å². The summed E-state index contributed by atoms with van der Waals surface area (Å²) in [6.45, 7) is 2.55. The van der Waals surface area contributed by atoms with Crippen LogP contribution in [0.1, 0.15) is 37.0 Å². The Balaban J connectivity index is 1.40. The van der Waals surface area contributed by atoms with Gasteiger partial charge in [-0.15, -0.1) is 11.8 Å². The van der Waals surface area contributed by atoms with Crippen LogP contribution >= 0.6 is 11.8 Å². The van der Waals surface area contributed by atoms with Crippen LogP contribution in [0.2, 0.25) is 0 Å². The van der Waals surface area contributed by atoms with Crippen molar-refractivity contribution in [2.24, 2.45) is 0 Å². The topological polar surface area (TPSA) is 139 Å². The van der Waals surface area contributed by atoms with Gasteiger partial charge in [0, 0.05) is 67.9 Å². The van der Waals surface area contributed by atoms with Gasteiger partial charge >= 0.3 is 6.61 Å². The van der Waals surface area contributed by atoms with E-state index >= 15 is 0 Å². The van der Waals surface area contributed by atoms with Gasteiger partial charge in [-0.2, -0.15) is 19.0 Å².